The molecule has 0 bridgehead atoms. The molecule has 0 aliphatic heterocycles. The van der Waals surface area contributed by atoms with Crippen molar-refractivity contribution < 1.29 is 9.90 Å². The Labute approximate surface area is 124 Å². The Kier molecular flexibility index (Phi) is 5.35. The van der Waals surface area contributed by atoms with E-state index in [2.05, 4.69) is 17.0 Å². The number of aliphatic hydroxyl groups excluding tert-OH is 1. The largest absolute Gasteiger partial charge is 0.396 e. The van der Waals surface area contributed by atoms with Gasteiger partial charge < -0.3 is 15.7 Å². The van der Waals surface area contributed by atoms with E-state index >= 15 is 0 Å². The molecule has 2 aromatic carbocycles. The summed E-state index contributed by atoms with van der Waals surface area (Å²) in [5.41, 5.74) is 7.97. The van der Waals surface area contributed by atoms with Gasteiger partial charge in [-0.3, -0.25) is 4.79 Å². The summed E-state index contributed by atoms with van der Waals surface area (Å²) in [6.07, 6.45) is 0.717. The van der Waals surface area contributed by atoms with E-state index in [0.29, 0.717) is 12.0 Å². The second-order valence-corrected chi connectivity index (χ2v) is 4.90. The maximum Gasteiger partial charge on any atom is 0.248 e. The van der Waals surface area contributed by atoms with Gasteiger partial charge in [-0.05, 0) is 36.2 Å². The van der Waals surface area contributed by atoms with Crippen LogP contribution in [0.5, 0.6) is 0 Å². The molecule has 0 heterocycles. The van der Waals surface area contributed by atoms with E-state index in [0.717, 1.165) is 24.3 Å². The van der Waals surface area contributed by atoms with E-state index in [1.54, 1.807) is 12.1 Å². The molecule has 0 saturated carbocycles. The molecule has 4 nitrogen and oxygen atoms in total. The number of nitrogens with two attached hydrogens (primary N) is 1. The average molecular weight is 284 g/mol. The molecule has 0 aliphatic rings. The summed E-state index contributed by atoms with van der Waals surface area (Å²) in [4.78, 5) is 13.3. The minimum absolute atomic E-state index is 0.171. The molecule has 0 aliphatic carbocycles. The molecule has 110 valence electrons. The zero-order valence-corrected chi connectivity index (χ0v) is 11.9. The number of amides is 1. The number of hydrogen-bond acceptors (Lipinski definition) is 3. The molecule has 0 saturated heterocycles. The number of para-hydroxylation sites is 1. The highest BCUT2D eigenvalue weighted by atomic mass is 16.3. The topological polar surface area (TPSA) is 66.6 Å². The fraction of sp³-hybridized carbons (Fsp3) is 0.235. The smallest absolute Gasteiger partial charge is 0.248 e. The zero-order valence-electron chi connectivity index (χ0n) is 11.9. The first kappa shape index (κ1) is 15.1. The molecule has 1 amide bonds. The number of carbonyl (C=O) groups is 1. The molecule has 0 spiro atoms. The maximum atomic E-state index is 11.1. The van der Waals surface area contributed by atoms with Crippen LogP contribution < -0.4 is 10.6 Å². The summed E-state index contributed by atoms with van der Waals surface area (Å²) in [5, 5.41) is 9.05. The van der Waals surface area contributed by atoms with Crippen molar-refractivity contribution in [3.63, 3.8) is 0 Å². The number of rotatable bonds is 7. The summed E-state index contributed by atoms with van der Waals surface area (Å²) in [6, 6.07) is 17.4. The molecule has 21 heavy (non-hydrogen) atoms. The SMILES string of the molecule is NC(=O)c1ccc(CN(CCCO)c2ccccc2)cc1. The van der Waals surface area contributed by atoms with Crippen LogP contribution in [0, 0.1) is 0 Å². The van der Waals surface area contributed by atoms with Crippen LogP contribution in [0.25, 0.3) is 0 Å². The third-order valence-corrected chi connectivity index (χ3v) is 3.32. The van der Waals surface area contributed by atoms with Gasteiger partial charge in [0.1, 0.15) is 0 Å². The van der Waals surface area contributed by atoms with Crippen LogP contribution in [-0.2, 0) is 6.54 Å². The average Bonchev–Trinajstić information content (AvgIpc) is 2.52. The Morgan fingerprint density at radius 1 is 1.05 bits per heavy atom. The molecule has 0 radical (unpaired) electrons. The van der Waals surface area contributed by atoms with Gasteiger partial charge in [-0.15, -0.1) is 0 Å². The van der Waals surface area contributed by atoms with E-state index in [-0.39, 0.29) is 6.61 Å². The van der Waals surface area contributed by atoms with Crippen LogP contribution in [0.2, 0.25) is 0 Å². The van der Waals surface area contributed by atoms with Crippen molar-refractivity contribution in [2.75, 3.05) is 18.1 Å². The third-order valence-electron chi connectivity index (χ3n) is 3.32. The van der Waals surface area contributed by atoms with Crippen molar-refractivity contribution in [1.29, 1.82) is 0 Å². The Bertz CT molecular complexity index is 567. The fourth-order valence-electron chi connectivity index (χ4n) is 2.19. The molecular weight excluding hydrogens is 264 g/mol. The fourth-order valence-corrected chi connectivity index (χ4v) is 2.19. The molecule has 0 unspecified atom stereocenters. The first-order valence-corrected chi connectivity index (χ1v) is 7.00. The molecule has 2 aromatic rings. The van der Waals surface area contributed by atoms with Gasteiger partial charge in [-0.25, -0.2) is 0 Å². The lowest BCUT2D eigenvalue weighted by Crippen LogP contribution is -2.24. The van der Waals surface area contributed by atoms with Crippen LogP contribution in [0.1, 0.15) is 22.3 Å². The summed E-state index contributed by atoms with van der Waals surface area (Å²) in [5.74, 6) is -0.415. The molecule has 0 fully saturated rings. The summed E-state index contributed by atoms with van der Waals surface area (Å²) >= 11 is 0. The maximum absolute atomic E-state index is 11.1. The minimum Gasteiger partial charge on any atom is -0.396 e. The summed E-state index contributed by atoms with van der Waals surface area (Å²) in [7, 11) is 0. The highest BCUT2D eigenvalue weighted by Gasteiger charge is 2.07. The Hall–Kier alpha value is -2.33. The van der Waals surface area contributed by atoms with Gasteiger partial charge in [0.25, 0.3) is 0 Å². The lowest BCUT2D eigenvalue weighted by atomic mass is 10.1. The number of aliphatic hydroxyl groups is 1. The predicted molar refractivity (Wildman–Crippen MR) is 84.2 cm³/mol. The van der Waals surface area contributed by atoms with E-state index in [4.69, 9.17) is 10.8 Å². The molecule has 0 atom stereocenters. The lowest BCUT2D eigenvalue weighted by molar-refractivity contribution is 0.100. The van der Waals surface area contributed by atoms with E-state index in [1.165, 1.54) is 0 Å². The van der Waals surface area contributed by atoms with Crippen molar-refractivity contribution in [3.05, 3.63) is 65.7 Å². The van der Waals surface area contributed by atoms with Crippen LogP contribution >= 0.6 is 0 Å². The Morgan fingerprint density at radius 3 is 2.29 bits per heavy atom. The minimum atomic E-state index is -0.415. The number of primary amides is 1. The van der Waals surface area contributed by atoms with Gasteiger partial charge in [0.05, 0.1) is 0 Å². The highest BCUT2D eigenvalue weighted by molar-refractivity contribution is 5.92. The molecule has 2 rings (SSSR count). The van der Waals surface area contributed by atoms with Crippen LogP contribution in [-0.4, -0.2) is 24.2 Å². The number of anilines is 1. The molecule has 3 N–H and O–H groups in total. The van der Waals surface area contributed by atoms with Crippen LogP contribution in [0.15, 0.2) is 54.6 Å². The molecule has 4 heteroatoms. The quantitative estimate of drug-likeness (QED) is 0.819. The van der Waals surface area contributed by atoms with Gasteiger partial charge in [0.15, 0.2) is 0 Å². The van der Waals surface area contributed by atoms with Crippen LogP contribution in [0.3, 0.4) is 0 Å². The van der Waals surface area contributed by atoms with Crippen molar-refractivity contribution in [2.45, 2.75) is 13.0 Å². The summed E-state index contributed by atoms with van der Waals surface area (Å²) in [6.45, 7) is 1.67. The van der Waals surface area contributed by atoms with E-state index in [1.807, 2.05) is 30.3 Å². The van der Waals surface area contributed by atoms with E-state index in [9.17, 15) is 4.79 Å². The highest BCUT2D eigenvalue weighted by Crippen LogP contribution is 2.17. The predicted octanol–water partition coefficient (Wildman–Crippen LogP) is 2.17. The number of carbonyl (C=O) groups excluding carboxylic acids is 1. The van der Waals surface area contributed by atoms with Gasteiger partial charge in [0.2, 0.25) is 5.91 Å². The summed E-state index contributed by atoms with van der Waals surface area (Å²) < 4.78 is 0. The first-order valence-electron chi connectivity index (χ1n) is 7.00. The van der Waals surface area contributed by atoms with Gasteiger partial charge in [-0.1, -0.05) is 30.3 Å². The van der Waals surface area contributed by atoms with Crippen molar-refractivity contribution in [3.8, 4) is 0 Å². The first-order chi connectivity index (χ1) is 10.2. The number of hydrogen-bond donors (Lipinski definition) is 2. The number of nitrogens with zero attached hydrogens (tertiary/aromatic N) is 1. The van der Waals surface area contributed by atoms with Crippen molar-refractivity contribution in [2.24, 2.45) is 5.73 Å². The van der Waals surface area contributed by atoms with Crippen molar-refractivity contribution >= 4 is 11.6 Å². The normalized spacial score (nSPS) is 10.3. The molecule has 0 aromatic heterocycles. The zero-order chi connectivity index (χ0) is 15.1. The number of benzene rings is 2. The van der Waals surface area contributed by atoms with Gasteiger partial charge in [-0.2, -0.15) is 0 Å². The van der Waals surface area contributed by atoms with Gasteiger partial charge in [0, 0.05) is 30.9 Å². The van der Waals surface area contributed by atoms with Gasteiger partial charge >= 0.3 is 0 Å². The third kappa shape index (κ3) is 4.33. The monoisotopic (exact) mass is 284 g/mol. The van der Waals surface area contributed by atoms with Crippen molar-refractivity contribution in [1.82, 2.24) is 0 Å². The Balaban J connectivity index is 2.12. The Morgan fingerprint density at radius 2 is 1.71 bits per heavy atom. The second kappa shape index (κ2) is 7.45. The standard InChI is InChI=1S/C17H20N2O2/c18-17(21)15-9-7-14(8-10-15)13-19(11-4-12-20)16-5-2-1-3-6-16/h1-3,5-10,20H,4,11-13H2,(H2,18,21). The molecular formula is C17H20N2O2. The van der Waals surface area contributed by atoms with Crippen LogP contribution in [0.4, 0.5) is 5.69 Å². The van der Waals surface area contributed by atoms with E-state index < -0.39 is 5.91 Å². The second-order valence-electron chi connectivity index (χ2n) is 4.90. The lowest BCUT2D eigenvalue weighted by Gasteiger charge is -2.24.